The molecule has 9 heteroatoms. The number of nitrogens with zero attached hydrogens (tertiary/aromatic N) is 3. The molecular formula is C27H39N5O3S. The van der Waals surface area contributed by atoms with Crippen LogP contribution in [0.2, 0.25) is 0 Å². The summed E-state index contributed by atoms with van der Waals surface area (Å²) in [4.78, 5) is 36.1. The van der Waals surface area contributed by atoms with E-state index in [2.05, 4.69) is 41.3 Å². The number of rotatable bonds is 10. The van der Waals surface area contributed by atoms with E-state index >= 15 is 0 Å². The molecule has 2 atom stereocenters. The Morgan fingerprint density at radius 1 is 1.25 bits per heavy atom. The summed E-state index contributed by atoms with van der Waals surface area (Å²) in [5.41, 5.74) is 3.51. The molecule has 0 bridgehead atoms. The molecule has 196 valence electrons. The average molecular weight is 514 g/mol. The predicted octanol–water partition coefficient (Wildman–Crippen LogP) is 4.86. The Balaban J connectivity index is 1.78. The molecule has 0 radical (unpaired) electrons. The summed E-state index contributed by atoms with van der Waals surface area (Å²) in [6, 6.07) is 5.20. The van der Waals surface area contributed by atoms with E-state index in [1.54, 1.807) is 19.1 Å². The van der Waals surface area contributed by atoms with Crippen molar-refractivity contribution in [3.05, 3.63) is 35.0 Å². The SMILES string of the molecule is CC/C(C)=C(\C)N=C(C)C(=O)NC1CCN(c2nc3cccc(C(=O)O)c3s2)CC1NCCC(C)C. The molecule has 1 aliphatic rings. The highest BCUT2D eigenvalue weighted by Crippen LogP contribution is 2.33. The van der Waals surface area contributed by atoms with Crippen molar-refractivity contribution in [2.24, 2.45) is 10.9 Å². The van der Waals surface area contributed by atoms with Gasteiger partial charge in [-0.1, -0.05) is 43.7 Å². The van der Waals surface area contributed by atoms with Crippen LogP contribution >= 0.6 is 11.3 Å². The molecule has 3 rings (SSSR count). The summed E-state index contributed by atoms with van der Waals surface area (Å²) < 4.78 is 0.692. The number of aromatic carboxylic acids is 1. The molecule has 0 saturated carbocycles. The quantitative estimate of drug-likeness (QED) is 0.392. The van der Waals surface area contributed by atoms with Crippen molar-refractivity contribution in [1.82, 2.24) is 15.6 Å². The largest absolute Gasteiger partial charge is 0.478 e. The highest BCUT2D eigenvalue weighted by molar-refractivity contribution is 7.22. The van der Waals surface area contributed by atoms with Gasteiger partial charge in [0.1, 0.15) is 5.71 Å². The summed E-state index contributed by atoms with van der Waals surface area (Å²) in [5, 5.41) is 17.2. The maximum atomic E-state index is 13.0. The van der Waals surface area contributed by atoms with Crippen molar-refractivity contribution >= 4 is 44.3 Å². The lowest BCUT2D eigenvalue weighted by Gasteiger charge is -2.39. The average Bonchev–Trinajstić information content (AvgIpc) is 3.28. The number of allylic oxidation sites excluding steroid dienone is 2. The molecule has 36 heavy (non-hydrogen) atoms. The number of carbonyl (C=O) groups excluding carboxylic acids is 1. The number of hydrogen-bond donors (Lipinski definition) is 3. The van der Waals surface area contributed by atoms with Gasteiger partial charge < -0.3 is 20.6 Å². The van der Waals surface area contributed by atoms with Gasteiger partial charge >= 0.3 is 5.97 Å². The first-order valence-electron chi connectivity index (χ1n) is 12.7. The fraction of sp³-hybridized carbons (Fsp3) is 0.556. The lowest BCUT2D eigenvalue weighted by Crippen LogP contribution is -2.60. The summed E-state index contributed by atoms with van der Waals surface area (Å²) in [6.07, 6.45) is 2.70. The number of aliphatic imine (C=N–C) groups is 1. The third kappa shape index (κ3) is 6.91. The number of carboxylic acids is 1. The van der Waals surface area contributed by atoms with Crippen LogP contribution in [0.4, 0.5) is 5.13 Å². The monoisotopic (exact) mass is 513 g/mol. The van der Waals surface area contributed by atoms with E-state index in [1.165, 1.54) is 16.9 Å². The van der Waals surface area contributed by atoms with Crippen LogP contribution in [-0.4, -0.2) is 59.4 Å². The number of aromatic nitrogens is 1. The van der Waals surface area contributed by atoms with E-state index in [1.807, 2.05) is 19.9 Å². The fourth-order valence-electron chi connectivity index (χ4n) is 4.23. The topological polar surface area (TPSA) is 107 Å². The molecule has 3 N–H and O–H groups in total. The lowest BCUT2D eigenvalue weighted by molar-refractivity contribution is -0.115. The van der Waals surface area contributed by atoms with Crippen LogP contribution in [0, 0.1) is 5.92 Å². The van der Waals surface area contributed by atoms with Gasteiger partial charge in [-0.25, -0.2) is 9.78 Å². The molecule has 1 fully saturated rings. The Morgan fingerprint density at radius 3 is 2.67 bits per heavy atom. The number of carboxylic acid groups (broad SMARTS) is 1. The van der Waals surface area contributed by atoms with E-state index in [0.717, 1.165) is 43.2 Å². The van der Waals surface area contributed by atoms with Gasteiger partial charge in [0.15, 0.2) is 5.13 Å². The maximum Gasteiger partial charge on any atom is 0.337 e. The van der Waals surface area contributed by atoms with Gasteiger partial charge in [-0.2, -0.15) is 0 Å². The van der Waals surface area contributed by atoms with Crippen molar-refractivity contribution in [2.75, 3.05) is 24.5 Å². The summed E-state index contributed by atoms with van der Waals surface area (Å²) in [6.45, 7) is 14.5. The lowest BCUT2D eigenvalue weighted by atomic mass is 9.98. The number of hydrogen-bond acceptors (Lipinski definition) is 7. The minimum atomic E-state index is -0.943. The zero-order chi connectivity index (χ0) is 26.4. The molecule has 1 aromatic heterocycles. The second kappa shape index (κ2) is 12.5. The van der Waals surface area contributed by atoms with Crippen LogP contribution in [-0.2, 0) is 4.79 Å². The molecule has 1 aromatic carbocycles. The maximum absolute atomic E-state index is 13.0. The zero-order valence-corrected chi connectivity index (χ0v) is 23.0. The van der Waals surface area contributed by atoms with Crippen LogP contribution < -0.4 is 15.5 Å². The molecule has 2 unspecified atom stereocenters. The number of nitrogens with one attached hydrogen (secondary N) is 2. The van der Waals surface area contributed by atoms with Gasteiger partial charge in [0.2, 0.25) is 0 Å². The number of thiazole rings is 1. The van der Waals surface area contributed by atoms with Crippen molar-refractivity contribution in [3.8, 4) is 0 Å². The van der Waals surface area contributed by atoms with E-state index in [-0.39, 0.29) is 23.6 Å². The standard InChI is InChI=1S/C27H39N5O3S/c1-7-17(4)18(5)29-19(6)25(33)30-21-12-14-32(15-23(21)28-13-11-16(2)3)27-31-22-10-8-9-20(26(34)35)24(22)36-27/h8-10,16,21,23,28H,7,11-15H2,1-6H3,(H,30,33)(H,34,35)/b18-17+,29-19?. The molecular weight excluding hydrogens is 474 g/mol. The second-order valence-electron chi connectivity index (χ2n) is 9.93. The van der Waals surface area contributed by atoms with Gasteiger partial charge in [0, 0.05) is 30.9 Å². The van der Waals surface area contributed by atoms with E-state index in [4.69, 9.17) is 4.98 Å². The van der Waals surface area contributed by atoms with Gasteiger partial charge in [-0.05, 0) is 64.6 Å². The number of amides is 1. The van der Waals surface area contributed by atoms with Crippen LogP contribution in [0.15, 0.2) is 34.5 Å². The molecule has 1 saturated heterocycles. The third-order valence-electron chi connectivity index (χ3n) is 6.77. The minimum Gasteiger partial charge on any atom is -0.478 e. The van der Waals surface area contributed by atoms with Crippen LogP contribution in [0.1, 0.15) is 71.2 Å². The Bertz CT molecular complexity index is 1150. The molecule has 1 aliphatic heterocycles. The first-order valence-corrected chi connectivity index (χ1v) is 13.6. The Kier molecular flexibility index (Phi) is 9.62. The smallest absolute Gasteiger partial charge is 0.337 e. The van der Waals surface area contributed by atoms with E-state index in [0.29, 0.717) is 28.4 Å². The number of carbonyl (C=O) groups is 2. The molecule has 0 spiro atoms. The Labute approximate surface area is 217 Å². The normalized spacial score (nSPS) is 19.5. The molecule has 0 aliphatic carbocycles. The summed E-state index contributed by atoms with van der Waals surface area (Å²) in [5.74, 6) is -0.505. The van der Waals surface area contributed by atoms with Crippen LogP contribution in [0.3, 0.4) is 0 Å². The Morgan fingerprint density at radius 2 is 2.00 bits per heavy atom. The summed E-state index contributed by atoms with van der Waals surface area (Å²) in [7, 11) is 0. The van der Waals surface area contributed by atoms with E-state index in [9.17, 15) is 14.7 Å². The first kappa shape index (κ1) is 27.8. The molecule has 1 amide bonds. The van der Waals surface area contributed by atoms with Gasteiger partial charge in [0.05, 0.1) is 15.8 Å². The molecule has 2 aromatic rings. The Hall–Kier alpha value is -2.78. The van der Waals surface area contributed by atoms with Crippen molar-refractivity contribution in [3.63, 3.8) is 0 Å². The van der Waals surface area contributed by atoms with Gasteiger partial charge in [0.25, 0.3) is 5.91 Å². The fourth-order valence-corrected chi connectivity index (χ4v) is 5.34. The number of piperidine rings is 1. The highest BCUT2D eigenvalue weighted by Gasteiger charge is 2.32. The van der Waals surface area contributed by atoms with E-state index < -0.39 is 5.97 Å². The van der Waals surface area contributed by atoms with Gasteiger partial charge in [-0.3, -0.25) is 9.79 Å². The van der Waals surface area contributed by atoms with Crippen LogP contribution in [0.5, 0.6) is 0 Å². The first-order chi connectivity index (χ1) is 17.1. The predicted molar refractivity (Wildman–Crippen MR) is 148 cm³/mol. The van der Waals surface area contributed by atoms with Crippen LogP contribution in [0.25, 0.3) is 10.2 Å². The number of fused-ring (bicyclic) bond motifs is 1. The second-order valence-corrected chi connectivity index (χ2v) is 10.9. The van der Waals surface area contributed by atoms with Crippen molar-refractivity contribution in [1.29, 1.82) is 0 Å². The van der Waals surface area contributed by atoms with Gasteiger partial charge in [-0.15, -0.1) is 0 Å². The minimum absolute atomic E-state index is 0.0356. The number of anilines is 1. The third-order valence-corrected chi connectivity index (χ3v) is 7.94. The number of benzene rings is 1. The zero-order valence-electron chi connectivity index (χ0n) is 22.2. The molecule has 8 nitrogen and oxygen atoms in total. The van der Waals surface area contributed by atoms with Crippen molar-refractivity contribution < 1.29 is 14.7 Å². The van der Waals surface area contributed by atoms with Crippen molar-refractivity contribution in [2.45, 2.75) is 72.9 Å². The summed E-state index contributed by atoms with van der Waals surface area (Å²) >= 11 is 1.42. The molecule has 2 heterocycles. The highest BCUT2D eigenvalue weighted by atomic mass is 32.1.